The summed E-state index contributed by atoms with van der Waals surface area (Å²) in [6.07, 6.45) is 0. The van der Waals surface area contributed by atoms with E-state index in [-0.39, 0.29) is 5.92 Å². The van der Waals surface area contributed by atoms with Crippen molar-refractivity contribution >= 4 is 23.6 Å². The fourth-order valence-corrected chi connectivity index (χ4v) is 1.86. The lowest BCUT2D eigenvalue weighted by atomic mass is 10.0. The van der Waals surface area contributed by atoms with Gasteiger partial charge in [0.25, 0.3) is 0 Å². The number of carbonyl (C=O) groups is 3. The van der Waals surface area contributed by atoms with Gasteiger partial charge in [-0.3, -0.25) is 9.59 Å². The number of carbonyl (C=O) groups excluding carboxylic acids is 2. The fourth-order valence-electron chi connectivity index (χ4n) is 1.86. The molecule has 0 aromatic heterocycles. The first kappa shape index (κ1) is 16.5. The molecule has 1 aromatic rings. The molecule has 1 aromatic carbocycles. The Bertz CT molecular complexity index is 527. The molecule has 0 aliphatic heterocycles. The van der Waals surface area contributed by atoms with E-state index < -0.39 is 31.0 Å². The summed E-state index contributed by atoms with van der Waals surface area (Å²) in [5.41, 5.74) is 6.52. The van der Waals surface area contributed by atoms with Crippen LogP contribution < -0.4 is 11.1 Å². The Morgan fingerprint density at radius 2 is 1.86 bits per heavy atom. The molecule has 21 heavy (non-hydrogen) atoms. The summed E-state index contributed by atoms with van der Waals surface area (Å²) in [6, 6.07) is 6.52. The number of nitrogens with two attached hydrogens (primary N) is 1. The number of anilines is 1. The Morgan fingerprint density at radius 1 is 1.24 bits per heavy atom. The van der Waals surface area contributed by atoms with Crippen LogP contribution in [0.1, 0.15) is 25.3 Å². The van der Waals surface area contributed by atoms with Gasteiger partial charge in [0.05, 0.1) is 0 Å². The van der Waals surface area contributed by atoms with Crippen molar-refractivity contribution < 1.29 is 19.5 Å². The van der Waals surface area contributed by atoms with Crippen LogP contribution in [0.2, 0.25) is 0 Å². The number of aliphatic carboxylic acids is 1. The van der Waals surface area contributed by atoms with Crippen LogP contribution >= 0.6 is 0 Å². The average molecular weight is 293 g/mol. The van der Waals surface area contributed by atoms with Gasteiger partial charge in [-0.1, -0.05) is 32.0 Å². The number of hydrogen-bond acceptors (Lipinski definition) is 3. The van der Waals surface area contributed by atoms with Crippen molar-refractivity contribution in [1.29, 1.82) is 0 Å². The van der Waals surface area contributed by atoms with E-state index in [1.165, 1.54) is 0 Å². The molecule has 114 valence electrons. The summed E-state index contributed by atoms with van der Waals surface area (Å²) in [6.45, 7) is 2.90. The van der Waals surface area contributed by atoms with E-state index in [0.717, 1.165) is 10.5 Å². The Labute approximate surface area is 122 Å². The maximum atomic E-state index is 12.1. The molecule has 0 unspecified atom stereocenters. The SMILES string of the molecule is CC(C)c1ccccc1NC(=O)N(CC(N)=O)CC(=O)O. The van der Waals surface area contributed by atoms with Crippen molar-refractivity contribution in [2.24, 2.45) is 5.73 Å². The molecule has 7 nitrogen and oxygen atoms in total. The third-order valence-corrected chi connectivity index (χ3v) is 2.78. The van der Waals surface area contributed by atoms with Crippen LogP contribution in [0.15, 0.2) is 24.3 Å². The molecule has 1 rings (SSSR count). The van der Waals surface area contributed by atoms with Crippen LogP contribution in [0, 0.1) is 0 Å². The minimum atomic E-state index is -1.22. The summed E-state index contributed by atoms with van der Waals surface area (Å²) >= 11 is 0. The molecule has 0 radical (unpaired) electrons. The fraction of sp³-hybridized carbons (Fsp3) is 0.357. The van der Waals surface area contributed by atoms with Crippen LogP contribution in [0.3, 0.4) is 0 Å². The number of nitrogens with zero attached hydrogens (tertiary/aromatic N) is 1. The number of urea groups is 1. The van der Waals surface area contributed by atoms with Crippen molar-refractivity contribution in [3.63, 3.8) is 0 Å². The average Bonchev–Trinajstić information content (AvgIpc) is 2.37. The molecule has 4 N–H and O–H groups in total. The monoisotopic (exact) mass is 293 g/mol. The molecule has 3 amide bonds. The molecule has 0 spiro atoms. The minimum Gasteiger partial charge on any atom is -0.480 e. The number of hydrogen-bond donors (Lipinski definition) is 3. The molecule has 0 bridgehead atoms. The van der Waals surface area contributed by atoms with E-state index >= 15 is 0 Å². The number of nitrogens with one attached hydrogen (secondary N) is 1. The number of primary amides is 1. The molecule has 0 aliphatic carbocycles. The first-order chi connectivity index (χ1) is 9.81. The van der Waals surface area contributed by atoms with Crippen molar-refractivity contribution in [2.75, 3.05) is 18.4 Å². The lowest BCUT2D eigenvalue weighted by Gasteiger charge is -2.21. The van der Waals surface area contributed by atoms with Gasteiger partial charge in [-0.2, -0.15) is 0 Å². The number of rotatable bonds is 6. The Kier molecular flexibility index (Phi) is 5.71. The van der Waals surface area contributed by atoms with Gasteiger partial charge in [0, 0.05) is 5.69 Å². The normalized spacial score (nSPS) is 10.2. The highest BCUT2D eigenvalue weighted by molar-refractivity contribution is 5.94. The van der Waals surface area contributed by atoms with Crippen LogP contribution in [0.4, 0.5) is 10.5 Å². The van der Waals surface area contributed by atoms with E-state index in [1.807, 2.05) is 26.0 Å². The van der Waals surface area contributed by atoms with Gasteiger partial charge >= 0.3 is 12.0 Å². The Morgan fingerprint density at radius 3 is 2.38 bits per heavy atom. The van der Waals surface area contributed by atoms with Gasteiger partial charge in [-0.25, -0.2) is 4.79 Å². The molecule has 7 heteroatoms. The van der Waals surface area contributed by atoms with E-state index in [9.17, 15) is 14.4 Å². The molecular weight excluding hydrogens is 274 g/mol. The van der Waals surface area contributed by atoms with Gasteiger partial charge in [0.2, 0.25) is 5.91 Å². The van der Waals surface area contributed by atoms with E-state index in [1.54, 1.807) is 12.1 Å². The first-order valence-corrected chi connectivity index (χ1v) is 6.46. The molecule has 0 heterocycles. The van der Waals surface area contributed by atoms with Crippen molar-refractivity contribution in [2.45, 2.75) is 19.8 Å². The highest BCUT2D eigenvalue weighted by atomic mass is 16.4. The lowest BCUT2D eigenvalue weighted by Crippen LogP contribution is -2.43. The van der Waals surface area contributed by atoms with Gasteiger partial charge in [-0.05, 0) is 17.5 Å². The van der Waals surface area contributed by atoms with E-state index in [2.05, 4.69) is 5.32 Å². The summed E-state index contributed by atoms with van der Waals surface area (Å²) in [4.78, 5) is 34.6. The molecule has 0 atom stereocenters. The Hall–Kier alpha value is -2.57. The van der Waals surface area contributed by atoms with Crippen LogP contribution in [-0.2, 0) is 9.59 Å². The number of para-hydroxylation sites is 1. The number of carboxylic acid groups (broad SMARTS) is 1. The van der Waals surface area contributed by atoms with Crippen molar-refractivity contribution in [3.05, 3.63) is 29.8 Å². The van der Waals surface area contributed by atoms with Gasteiger partial charge < -0.3 is 21.1 Å². The standard InChI is InChI=1S/C14H19N3O4/c1-9(2)10-5-3-4-6-11(10)16-14(21)17(7-12(15)18)8-13(19)20/h3-6,9H,7-8H2,1-2H3,(H2,15,18)(H,16,21)(H,19,20). The summed E-state index contributed by atoms with van der Waals surface area (Å²) in [5, 5.41) is 11.4. The van der Waals surface area contributed by atoms with Gasteiger partial charge in [0.15, 0.2) is 0 Å². The highest BCUT2D eigenvalue weighted by Crippen LogP contribution is 2.23. The zero-order valence-electron chi connectivity index (χ0n) is 12.0. The number of benzene rings is 1. The van der Waals surface area contributed by atoms with Gasteiger partial charge in [0.1, 0.15) is 13.1 Å². The quantitative estimate of drug-likeness (QED) is 0.731. The van der Waals surface area contributed by atoms with Crippen LogP contribution in [-0.4, -0.2) is 41.0 Å². The Balaban J connectivity index is 2.91. The summed E-state index contributed by atoms with van der Waals surface area (Å²) in [7, 11) is 0. The molecular formula is C14H19N3O4. The second kappa shape index (κ2) is 7.28. The molecule has 0 aliphatic rings. The predicted molar refractivity (Wildman–Crippen MR) is 78.0 cm³/mol. The minimum absolute atomic E-state index is 0.186. The highest BCUT2D eigenvalue weighted by Gasteiger charge is 2.20. The maximum absolute atomic E-state index is 12.1. The topological polar surface area (TPSA) is 113 Å². The maximum Gasteiger partial charge on any atom is 0.323 e. The van der Waals surface area contributed by atoms with Crippen molar-refractivity contribution in [3.8, 4) is 0 Å². The molecule has 0 saturated heterocycles. The zero-order valence-corrected chi connectivity index (χ0v) is 12.0. The van der Waals surface area contributed by atoms with E-state index in [0.29, 0.717) is 5.69 Å². The van der Waals surface area contributed by atoms with Crippen molar-refractivity contribution in [1.82, 2.24) is 4.90 Å². The van der Waals surface area contributed by atoms with Gasteiger partial charge in [-0.15, -0.1) is 0 Å². The third kappa shape index (κ3) is 5.13. The largest absolute Gasteiger partial charge is 0.480 e. The van der Waals surface area contributed by atoms with Crippen LogP contribution in [0.25, 0.3) is 0 Å². The molecule has 0 fully saturated rings. The third-order valence-electron chi connectivity index (χ3n) is 2.78. The smallest absolute Gasteiger partial charge is 0.323 e. The lowest BCUT2D eigenvalue weighted by molar-refractivity contribution is -0.137. The second-order valence-corrected chi connectivity index (χ2v) is 4.89. The zero-order chi connectivity index (χ0) is 16.0. The van der Waals surface area contributed by atoms with Crippen LogP contribution in [0.5, 0.6) is 0 Å². The number of amides is 3. The van der Waals surface area contributed by atoms with E-state index in [4.69, 9.17) is 10.8 Å². The summed E-state index contributed by atoms with van der Waals surface area (Å²) < 4.78 is 0. The first-order valence-electron chi connectivity index (χ1n) is 6.46. The predicted octanol–water partition coefficient (Wildman–Crippen LogP) is 1.21. The molecule has 0 saturated carbocycles. The number of carboxylic acids is 1. The summed E-state index contributed by atoms with van der Waals surface area (Å²) in [5.74, 6) is -1.81. The second-order valence-electron chi connectivity index (χ2n) is 4.89.